The van der Waals surface area contributed by atoms with Crippen LogP contribution in [0.15, 0.2) is 24.3 Å². The second kappa shape index (κ2) is 5.76. The van der Waals surface area contributed by atoms with Gasteiger partial charge in [0.05, 0.1) is 10.7 Å². The van der Waals surface area contributed by atoms with Gasteiger partial charge in [0, 0.05) is 5.92 Å². The maximum absolute atomic E-state index is 11.7. The molecule has 0 heterocycles. The van der Waals surface area contributed by atoms with Crippen LogP contribution in [0.2, 0.25) is 5.02 Å². The van der Waals surface area contributed by atoms with Crippen molar-refractivity contribution in [3.05, 3.63) is 29.3 Å². The third-order valence-corrected chi connectivity index (χ3v) is 2.63. The zero-order valence-corrected chi connectivity index (χ0v) is 9.84. The van der Waals surface area contributed by atoms with E-state index in [1.807, 2.05) is 19.1 Å². The molecule has 0 spiro atoms. The van der Waals surface area contributed by atoms with Crippen molar-refractivity contribution >= 4 is 23.2 Å². The summed E-state index contributed by atoms with van der Waals surface area (Å²) >= 11 is 5.94. The number of carbonyl (C=O) groups excluding carboxylic acids is 1. The quantitative estimate of drug-likeness (QED) is 0.832. The van der Waals surface area contributed by atoms with E-state index in [4.69, 9.17) is 11.6 Å². The Labute approximate surface area is 95.6 Å². The van der Waals surface area contributed by atoms with Gasteiger partial charge in [-0.05, 0) is 18.6 Å². The van der Waals surface area contributed by atoms with Crippen molar-refractivity contribution in [3.63, 3.8) is 0 Å². The molecule has 1 rings (SSSR count). The van der Waals surface area contributed by atoms with Crippen molar-refractivity contribution in [2.24, 2.45) is 5.92 Å². The van der Waals surface area contributed by atoms with Crippen molar-refractivity contribution < 1.29 is 4.79 Å². The molecule has 0 aliphatic carbocycles. The minimum Gasteiger partial charge on any atom is -0.325 e. The average molecular weight is 226 g/mol. The molecule has 15 heavy (non-hydrogen) atoms. The predicted octanol–water partition coefficient (Wildman–Crippen LogP) is 3.71. The lowest BCUT2D eigenvalue weighted by molar-refractivity contribution is -0.119. The van der Waals surface area contributed by atoms with Gasteiger partial charge in [0.2, 0.25) is 5.91 Å². The molecular formula is C12H16ClNO. The fourth-order valence-electron chi connectivity index (χ4n) is 1.38. The second-order valence-corrected chi connectivity index (χ2v) is 4.07. The molecular weight excluding hydrogens is 210 g/mol. The maximum atomic E-state index is 11.7. The van der Waals surface area contributed by atoms with Crippen LogP contribution in [0.3, 0.4) is 0 Å². The molecule has 82 valence electrons. The topological polar surface area (TPSA) is 29.1 Å². The number of hydrogen-bond acceptors (Lipinski definition) is 1. The Hall–Kier alpha value is -1.02. The predicted molar refractivity (Wildman–Crippen MR) is 64.2 cm³/mol. The molecule has 1 aromatic carbocycles. The monoisotopic (exact) mass is 225 g/mol. The molecule has 1 atom stereocenters. The van der Waals surface area contributed by atoms with Gasteiger partial charge in [-0.15, -0.1) is 0 Å². The molecule has 0 saturated heterocycles. The lowest BCUT2D eigenvalue weighted by atomic mass is 10.1. The number of anilines is 1. The zero-order chi connectivity index (χ0) is 11.3. The summed E-state index contributed by atoms with van der Waals surface area (Å²) in [5.74, 6) is 0.0659. The first-order chi connectivity index (χ1) is 7.15. The van der Waals surface area contributed by atoms with Crippen molar-refractivity contribution in [2.75, 3.05) is 5.32 Å². The fourth-order valence-corrected chi connectivity index (χ4v) is 1.57. The van der Waals surface area contributed by atoms with Crippen LogP contribution in [0.1, 0.15) is 26.7 Å². The van der Waals surface area contributed by atoms with E-state index in [2.05, 4.69) is 12.2 Å². The first-order valence-electron chi connectivity index (χ1n) is 5.20. The number of nitrogens with one attached hydrogen (secondary N) is 1. The highest BCUT2D eigenvalue weighted by atomic mass is 35.5. The van der Waals surface area contributed by atoms with Gasteiger partial charge < -0.3 is 5.32 Å². The minimum absolute atomic E-state index is 0.0324. The Morgan fingerprint density at radius 2 is 2.13 bits per heavy atom. The SMILES string of the molecule is CCC[C@H](C)C(=O)Nc1ccccc1Cl. The number of halogens is 1. The highest BCUT2D eigenvalue weighted by molar-refractivity contribution is 6.33. The molecule has 0 saturated carbocycles. The smallest absolute Gasteiger partial charge is 0.227 e. The van der Waals surface area contributed by atoms with Gasteiger partial charge in [0.25, 0.3) is 0 Å². The van der Waals surface area contributed by atoms with Gasteiger partial charge in [0.1, 0.15) is 0 Å². The fraction of sp³-hybridized carbons (Fsp3) is 0.417. The third-order valence-electron chi connectivity index (χ3n) is 2.30. The van der Waals surface area contributed by atoms with E-state index in [-0.39, 0.29) is 11.8 Å². The molecule has 0 aliphatic rings. The normalized spacial score (nSPS) is 12.2. The maximum Gasteiger partial charge on any atom is 0.227 e. The van der Waals surface area contributed by atoms with Crippen molar-refractivity contribution in [2.45, 2.75) is 26.7 Å². The van der Waals surface area contributed by atoms with Crippen molar-refractivity contribution in [1.29, 1.82) is 0 Å². The average Bonchev–Trinajstić information content (AvgIpc) is 2.21. The molecule has 0 aliphatic heterocycles. The summed E-state index contributed by atoms with van der Waals surface area (Å²) in [5, 5.41) is 3.40. The molecule has 0 radical (unpaired) electrons. The largest absolute Gasteiger partial charge is 0.325 e. The van der Waals surface area contributed by atoms with Gasteiger partial charge >= 0.3 is 0 Å². The summed E-state index contributed by atoms with van der Waals surface area (Å²) in [7, 11) is 0. The standard InChI is InChI=1S/C12H16ClNO/c1-3-6-9(2)12(15)14-11-8-5-4-7-10(11)13/h4-5,7-9H,3,6H2,1-2H3,(H,14,15)/t9-/m0/s1. The summed E-state index contributed by atoms with van der Waals surface area (Å²) in [4.78, 5) is 11.7. The van der Waals surface area contributed by atoms with E-state index in [9.17, 15) is 4.79 Å². The third kappa shape index (κ3) is 3.56. The van der Waals surface area contributed by atoms with E-state index >= 15 is 0 Å². The van der Waals surface area contributed by atoms with Gasteiger partial charge in [-0.3, -0.25) is 4.79 Å². The Morgan fingerprint density at radius 3 is 2.73 bits per heavy atom. The summed E-state index contributed by atoms with van der Waals surface area (Å²) in [5.41, 5.74) is 0.687. The number of carbonyl (C=O) groups is 1. The van der Waals surface area contributed by atoms with Crippen LogP contribution in [0.4, 0.5) is 5.69 Å². The minimum atomic E-state index is 0.0324. The number of para-hydroxylation sites is 1. The van der Waals surface area contributed by atoms with Crippen LogP contribution in [-0.2, 0) is 4.79 Å². The molecule has 0 aromatic heterocycles. The van der Waals surface area contributed by atoms with E-state index in [0.29, 0.717) is 10.7 Å². The molecule has 2 nitrogen and oxygen atoms in total. The number of hydrogen-bond donors (Lipinski definition) is 1. The van der Waals surface area contributed by atoms with Crippen LogP contribution in [0, 0.1) is 5.92 Å². The number of benzene rings is 1. The molecule has 0 unspecified atom stereocenters. The lowest BCUT2D eigenvalue weighted by Crippen LogP contribution is -2.20. The van der Waals surface area contributed by atoms with Crippen LogP contribution >= 0.6 is 11.6 Å². The molecule has 1 amide bonds. The van der Waals surface area contributed by atoms with Gasteiger partial charge in [-0.1, -0.05) is 44.0 Å². The van der Waals surface area contributed by atoms with E-state index in [1.165, 1.54) is 0 Å². The Morgan fingerprint density at radius 1 is 1.47 bits per heavy atom. The number of amides is 1. The van der Waals surface area contributed by atoms with Crippen molar-refractivity contribution in [1.82, 2.24) is 0 Å². The summed E-state index contributed by atoms with van der Waals surface area (Å²) in [6.07, 6.45) is 1.91. The van der Waals surface area contributed by atoms with E-state index < -0.39 is 0 Å². The highest BCUT2D eigenvalue weighted by Gasteiger charge is 2.12. The molecule has 3 heteroatoms. The summed E-state index contributed by atoms with van der Waals surface area (Å²) < 4.78 is 0. The Kier molecular flexibility index (Phi) is 4.63. The van der Waals surface area contributed by atoms with Gasteiger partial charge in [0.15, 0.2) is 0 Å². The zero-order valence-electron chi connectivity index (χ0n) is 9.09. The van der Waals surface area contributed by atoms with Gasteiger partial charge in [-0.2, -0.15) is 0 Å². The molecule has 0 bridgehead atoms. The molecule has 0 fully saturated rings. The second-order valence-electron chi connectivity index (χ2n) is 3.66. The van der Waals surface area contributed by atoms with Crippen LogP contribution in [-0.4, -0.2) is 5.91 Å². The van der Waals surface area contributed by atoms with Gasteiger partial charge in [-0.25, -0.2) is 0 Å². The first kappa shape index (κ1) is 12.1. The summed E-state index contributed by atoms with van der Waals surface area (Å²) in [6, 6.07) is 7.26. The highest BCUT2D eigenvalue weighted by Crippen LogP contribution is 2.21. The molecule has 1 aromatic rings. The van der Waals surface area contributed by atoms with E-state index in [1.54, 1.807) is 12.1 Å². The first-order valence-corrected chi connectivity index (χ1v) is 5.58. The van der Waals surface area contributed by atoms with Crippen LogP contribution in [0.25, 0.3) is 0 Å². The number of rotatable bonds is 4. The Bertz CT molecular complexity index is 338. The van der Waals surface area contributed by atoms with Crippen LogP contribution in [0.5, 0.6) is 0 Å². The Balaban J connectivity index is 2.62. The van der Waals surface area contributed by atoms with E-state index in [0.717, 1.165) is 12.8 Å². The molecule has 1 N–H and O–H groups in total. The summed E-state index contributed by atoms with van der Waals surface area (Å²) in [6.45, 7) is 3.99. The van der Waals surface area contributed by atoms with Crippen molar-refractivity contribution in [3.8, 4) is 0 Å². The lowest BCUT2D eigenvalue weighted by Gasteiger charge is -2.11. The van der Waals surface area contributed by atoms with Crippen LogP contribution < -0.4 is 5.32 Å².